The van der Waals surface area contributed by atoms with Gasteiger partial charge in [-0.2, -0.15) is 11.8 Å². The lowest BCUT2D eigenvalue weighted by Gasteiger charge is -2.37. The fourth-order valence-corrected chi connectivity index (χ4v) is 3.09. The number of anilines is 2. The zero-order chi connectivity index (χ0) is 14.0. The smallest absolute Gasteiger partial charge is 0.337 e. The standard InChI is InChI=1S/C12H14N2O3S2/c1-17-7-3-4-8-9(5-7)14-12(6-19-2,11(15)16)10(18)13-8/h3-5,14H,6H2,1-2H3,(H,13,18)(H,15,16). The maximum Gasteiger partial charge on any atom is 0.337 e. The Hall–Kier alpha value is -1.47. The Morgan fingerprint density at radius 3 is 2.84 bits per heavy atom. The summed E-state index contributed by atoms with van der Waals surface area (Å²) in [6.07, 6.45) is 1.84. The highest BCUT2D eigenvalue weighted by Gasteiger charge is 2.46. The van der Waals surface area contributed by atoms with Crippen LogP contribution in [0.1, 0.15) is 0 Å². The SMILES string of the molecule is COc1ccc2c(c1)NC(CSC)(C(=O)O)C(=S)N2. The van der Waals surface area contributed by atoms with Crippen molar-refractivity contribution in [1.29, 1.82) is 0 Å². The van der Waals surface area contributed by atoms with Crippen LogP contribution in [0.25, 0.3) is 0 Å². The van der Waals surface area contributed by atoms with Crippen LogP contribution in [0.15, 0.2) is 18.2 Å². The van der Waals surface area contributed by atoms with Crippen molar-refractivity contribution in [3.8, 4) is 5.75 Å². The van der Waals surface area contributed by atoms with Gasteiger partial charge in [-0.15, -0.1) is 0 Å². The van der Waals surface area contributed by atoms with Gasteiger partial charge in [-0.05, 0) is 18.4 Å². The first-order valence-electron chi connectivity index (χ1n) is 5.53. The van der Waals surface area contributed by atoms with Crippen molar-refractivity contribution in [1.82, 2.24) is 0 Å². The molecule has 0 bridgehead atoms. The van der Waals surface area contributed by atoms with Crippen LogP contribution in [0.5, 0.6) is 5.75 Å². The number of rotatable bonds is 4. The van der Waals surface area contributed by atoms with Gasteiger partial charge in [-0.3, -0.25) is 0 Å². The van der Waals surface area contributed by atoms with Gasteiger partial charge < -0.3 is 20.5 Å². The van der Waals surface area contributed by atoms with Crippen molar-refractivity contribution in [2.75, 3.05) is 29.8 Å². The lowest BCUT2D eigenvalue weighted by molar-refractivity contribution is -0.139. The monoisotopic (exact) mass is 298 g/mol. The van der Waals surface area contributed by atoms with Crippen LogP contribution in [0.4, 0.5) is 11.4 Å². The van der Waals surface area contributed by atoms with Crippen molar-refractivity contribution >= 4 is 46.3 Å². The van der Waals surface area contributed by atoms with E-state index in [0.717, 1.165) is 5.69 Å². The molecule has 0 fully saturated rings. The number of ether oxygens (including phenoxy) is 1. The van der Waals surface area contributed by atoms with E-state index in [1.807, 2.05) is 6.26 Å². The van der Waals surface area contributed by atoms with Crippen LogP contribution < -0.4 is 15.4 Å². The molecule has 0 aromatic heterocycles. The minimum atomic E-state index is -1.28. The number of aliphatic carboxylic acids is 1. The average Bonchev–Trinajstić information content (AvgIpc) is 2.39. The van der Waals surface area contributed by atoms with E-state index >= 15 is 0 Å². The van der Waals surface area contributed by atoms with E-state index in [9.17, 15) is 9.90 Å². The van der Waals surface area contributed by atoms with Gasteiger partial charge in [0.2, 0.25) is 0 Å². The van der Waals surface area contributed by atoms with E-state index in [-0.39, 0.29) is 4.99 Å². The maximum absolute atomic E-state index is 11.6. The highest BCUT2D eigenvalue weighted by atomic mass is 32.2. The molecule has 19 heavy (non-hydrogen) atoms. The zero-order valence-corrected chi connectivity index (χ0v) is 12.2. The second kappa shape index (κ2) is 5.26. The van der Waals surface area contributed by atoms with E-state index in [2.05, 4.69) is 10.6 Å². The van der Waals surface area contributed by atoms with Gasteiger partial charge in [-0.1, -0.05) is 12.2 Å². The van der Waals surface area contributed by atoms with Crippen LogP contribution in [-0.2, 0) is 4.79 Å². The Bertz CT molecular complexity index is 536. The van der Waals surface area contributed by atoms with E-state index in [1.54, 1.807) is 25.3 Å². The van der Waals surface area contributed by atoms with Crippen LogP contribution in [-0.4, -0.2) is 40.7 Å². The Morgan fingerprint density at radius 1 is 1.53 bits per heavy atom. The zero-order valence-electron chi connectivity index (χ0n) is 10.5. The Kier molecular flexibility index (Phi) is 3.86. The summed E-state index contributed by atoms with van der Waals surface area (Å²) in [4.78, 5) is 11.9. The third-order valence-corrected chi connectivity index (χ3v) is 4.11. The number of carboxylic acids is 1. The number of carboxylic acid groups (broad SMARTS) is 1. The van der Waals surface area contributed by atoms with Crippen LogP contribution in [0.3, 0.4) is 0 Å². The number of fused-ring (bicyclic) bond motifs is 1. The third-order valence-electron chi connectivity index (χ3n) is 2.94. The molecule has 0 amide bonds. The summed E-state index contributed by atoms with van der Waals surface area (Å²) in [5, 5.41) is 15.5. The molecule has 0 spiro atoms. The quantitative estimate of drug-likeness (QED) is 0.735. The van der Waals surface area contributed by atoms with Crippen molar-refractivity contribution in [3.05, 3.63) is 18.2 Å². The number of thiocarbonyl (C=S) groups is 1. The van der Waals surface area contributed by atoms with Gasteiger partial charge in [0.05, 0.1) is 18.5 Å². The van der Waals surface area contributed by atoms with E-state index in [4.69, 9.17) is 17.0 Å². The van der Waals surface area contributed by atoms with E-state index in [0.29, 0.717) is 17.2 Å². The average molecular weight is 298 g/mol. The van der Waals surface area contributed by atoms with Crippen molar-refractivity contribution in [2.24, 2.45) is 0 Å². The summed E-state index contributed by atoms with van der Waals surface area (Å²) in [5.74, 6) is 0.00212. The van der Waals surface area contributed by atoms with Crippen molar-refractivity contribution in [2.45, 2.75) is 5.54 Å². The first-order chi connectivity index (χ1) is 9.03. The normalized spacial score (nSPS) is 21.1. The molecule has 2 rings (SSSR count). The Morgan fingerprint density at radius 2 is 2.26 bits per heavy atom. The first-order valence-corrected chi connectivity index (χ1v) is 7.33. The van der Waals surface area contributed by atoms with Crippen LogP contribution >= 0.6 is 24.0 Å². The molecule has 102 valence electrons. The lowest BCUT2D eigenvalue weighted by Crippen LogP contribution is -2.59. The summed E-state index contributed by atoms with van der Waals surface area (Å²) in [5.41, 5.74) is 0.141. The number of carbonyl (C=O) groups is 1. The Balaban J connectivity index is 2.45. The molecule has 1 aromatic rings. The molecule has 1 aliphatic heterocycles. The molecule has 0 radical (unpaired) electrons. The number of nitrogens with one attached hydrogen (secondary N) is 2. The van der Waals surface area contributed by atoms with E-state index < -0.39 is 11.5 Å². The summed E-state index contributed by atoms with van der Waals surface area (Å²) < 4.78 is 5.14. The molecule has 0 aliphatic carbocycles. The number of methoxy groups -OCH3 is 1. The van der Waals surface area contributed by atoms with Gasteiger partial charge in [0.25, 0.3) is 0 Å². The lowest BCUT2D eigenvalue weighted by atomic mass is 9.98. The molecular formula is C12H14N2O3S2. The van der Waals surface area contributed by atoms with Gasteiger partial charge >= 0.3 is 5.97 Å². The van der Waals surface area contributed by atoms with Gasteiger partial charge in [-0.25, -0.2) is 4.79 Å². The molecule has 1 aliphatic rings. The van der Waals surface area contributed by atoms with Crippen LogP contribution in [0, 0.1) is 0 Å². The van der Waals surface area contributed by atoms with Crippen molar-refractivity contribution < 1.29 is 14.6 Å². The molecule has 0 saturated carbocycles. The molecule has 7 heteroatoms. The van der Waals surface area contributed by atoms with E-state index in [1.165, 1.54) is 11.8 Å². The second-order valence-corrected chi connectivity index (χ2v) is 5.41. The number of hydrogen-bond donors (Lipinski definition) is 3. The fraction of sp³-hybridized carbons (Fsp3) is 0.333. The first kappa shape index (κ1) is 14.0. The molecule has 1 heterocycles. The predicted octanol–water partition coefficient (Wildman–Crippen LogP) is 2.05. The Labute approximate surface area is 120 Å². The molecule has 1 aromatic carbocycles. The highest BCUT2D eigenvalue weighted by Crippen LogP contribution is 2.35. The molecule has 0 saturated heterocycles. The largest absolute Gasteiger partial charge is 0.497 e. The van der Waals surface area contributed by atoms with Gasteiger partial charge in [0.15, 0.2) is 5.54 Å². The molecule has 5 nitrogen and oxygen atoms in total. The molecule has 3 N–H and O–H groups in total. The van der Waals surface area contributed by atoms with Gasteiger partial charge in [0.1, 0.15) is 10.7 Å². The van der Waals surface area contributed by atoms with Gasteiger partial charge in [0, 0.05) is 11.8 Å². The highest BCUT2D eigenvalue weighted by molar-refractivity contribution is 7.98. The maximum atomic E-state index is 11.6. The predicted molar refractivity (Wildman–Crippen MR) is 81.6 cm³/mol. The third kappa shape index (κ3) is 2.35. The summed E-state index contributed by atoms with van der Waals surface area (Å²) in [7, 11) is 1.56. The van der Waals surface area contributed by atoms with Crippen molar-refractivity contribution in [3.63, 3.8) is 0 Å². The molecule has 1 unspecified atom stereocenters. The second-order valence-electron chi connectivity index (χ2n) is 4.13. The number of thioether (sulfide) groups is 1. The minimum absolute atomic E-state index is 0.270. The number of benzene rings is 1. The fourth-order valence-electron chi connectivity index (χ4n) is 1.91. The molecular weight excluding hydrogens is 284 g/mol. The number of hydrogen-bond acceptors (Lipinski definition) is 5. The molecule has 1 atom stereocenters. The topological polar surface area (TPSA) is 70.6 Å². The minimum Gasteiger partial charge on any atom is -0.497 e. The summed E-state index contributed by atoms with van der Waals surface area (Å²) in [6.45, 7) is 0. The summed E-state index contributed by atoms with van der Waals surface area (Å²) in [6, 6.07) is 5.35. The van der Waals surface area contributed by atoms with Crippen LogP contribution in [0.2, 0.25) is 0 Å². The summed E-state index contributed by atoms with van der Waals surface area (Å²) >= 11 is 6.64.